The van der Waals surface area contributed by atoms with Gasteiger partial charge in [-0.2, -0.15) is 0 Å². The van der Waals surface area contributed by atoms with E-state index in [4.69, 9.17) is 4.42 Å². The van der Waals surface area contributed by atoms with Crippen LogP contribution in [0.3, 0.4) is 0 Å². The highest BCUT2D eigenvalue weighted by molar-refractivity contribution is 5.06. The molecule has 84 valence electrons. The van der Waals surface area contributed by atoms with Crippen LogP contribution in [-0.4, -0.2) is 29.6 Å². The van der Waals surface area contributed by atoms with Crippen molar-refractivity contribution in [1.29, 1.82) is 0 Å². The number of nitrogens with one attached hydrogen (secondary N) is 1. The molecule has 1 aromatic heterocycles. The maximum absolute atomic E-state index is 5.10. The second-order valence-electron chi connectivity index (χ2n) is 5.15. The number of hydrogen-bond donors (Lipinski definition) is 1. The molecule has 0 bridgehead atoms. The van der Waals surface area contributed by atoms with Crippen molar-refractivity contribution in [3.63, 3.8) is 0 Å². The summed E-state index contributed by atoms with van der Waals surface area (Å²) in [6.45, 7) is 9.90. The van der Waals surface area contributed by atoms with E-state index in [-0.39, 0.29) is 5.54 Å². The van der Waals surface area contributed by atoms with Crippen molar-refractivity contribution in [3.8, 4) is 0 Å². The molecule has 1 aliphatic heterocycles. The van der Waals surface area contributed by atoms with E-state index in [0.29, 0.717) is 6.04 Å². The Morgan fingerprint density at radius 3 is 3.07 bits per heavy atom. The maximum Gasteiger partial charge on any atom is 0.0947 e. The van der Waals surface area contributed by atoms with Crippen molar-refractivity contribution in [2.45, 2.75) is 38.9 Å². The van der Waals surface area contributed by atoms with Crippen LogP contribution in [0.25, 0.3) is 0 Å². The molecular weight excluding hydrogens is 188 g/mol. The summed E-state index contributed by atoms with van der Waals surface area (Å²) in [5, 5.41) is 3.55. The second-order valence-corrected chi connectivity index (χ2v) is 5.15. The molecule has 1 aromatic rings. The molecule has 2 rings (SSSR count). The van der Waals surface area contributed by atoms with Gasteiger partial charge in [0.15, 0.2) is 0 Å². The zero-order valence-electron chi connectivity index (χ0n) is 9.79. The lowest BCUT2D eigenvalue weighted by Crippen LogP contribution is -2.60. The fourth-order valence-corrected chi connectivity index (χ4v) is 2.10. The minimum atomic E-state index is 0.218. The third-order valence-electron chi connectivity index (χ3n) is 3.06. The van der Waals surface area contributed by atoms with Crippen molar-refractivity contribution in [2.24, 2.45) is 0 Å². The third-order valence-corrected chi connectivity index (χ3v) is 3.06. The van der Waals surface area contributed by atoms with Crippen molar-refractivity contribution in [1.82, 2.24) is 10.2 Å². The Kier molecular flexibility index (Phi) is 2.85. The molecule has 3 heteroatoms. The van der Waals surface area contributed by atoms with Crippen LogP contribution in [0.2, 0.25) is 0 Å². The molecule has 1 atom stereocenters. The second kappa shape index (κ2) is 3.99. The van der Waals surface area contributed by atoms with Gasteiger partial charge in [-0.15, -0.1) is 0 Å². The lowest BCUT2D eigenvalue weighted by atomic mass is 9.99. The smallest absolute Gasteiger partial charge is 0.0947 e. The average molecular weight is 208 g/mol. The molecule has 1 saturated heterocycles. The summed E-state index contributed by atoms with van der Waals surface area (Å²) >= 11 is 0. The molecule has 0 radical (unpaired) electrons. The first-order valence-electron chi connectivity index (χ1n) is 5.57. The van der Waals surface area contributed by atoms with Gasteiger partial charge >= 0.3 is 0 Å². The van der Waals surface area contributed by atoms with E-state index in [2.05, 4.69) is 31.0 Å². The first-order chi connectivity index (χ1) is 7.07. The first kappa shape index (κ1) is 10.7. The van der Waals surface area contributed by atoms with Gasteiger partial charge in [0.05, 0.1) is 12.5 Å². The number of rotatable bonds is 2. The van der Waals surface area contributed by atoms with E-state index in [1.54, 1.807) is 6.26 Å². The molecule has 15 heavy (non-hydrogen) atoms. The average Bonchev–Trinajstić information content (AvgIpc) is 2.64. The highest BCUT2D eigenvalue weighted by atomic mass is 16.3. The molecule has 1 unspecified atom stereocenters. The highest BCUT2D eigenvalue weighted by Gasteiger charge is 2.29. The SMILES string of the molecule is CC1CNC(C)(C)CN1Cc1ccoc1. The van der Waals surface area contributed by atoms with Gasteiger partial charge in [0.1, 0.15) is 0 Å². The van der Waals surface area contributed by atoms with Gasteiger partial charge in [-0.3, -0.25) is 4.90 Å². The van der Waals surface area contributed by atoms with E-state index in [0.717, 1.165) is 19.6 Å². The number of piperazine rings is 1. The molecule has 0 aromatic carbocycles. The first-order valence-corrected chi connectivity index (χ1v) is 5.57. The predicted molar refractivity (Wildman–Crippen MR) is 60.7 cm³/mol. The Bertz CT molecular complexity index is 305. The van der Waals surface area contributed by atoms with Gasteiger partial charge in [-0.1, -0.05) is 0 Å². The minimum absolute atomic E-state index is 0.218. The molecule has 1 fully saturated rings. The summed E-state index contributed by atoms with van der Waals surface area (Å²) in [7, 11) is 0. The summed E-state index contributed by atoms with van der Waals surface area (Å²) in [6, 6.07) is 2.63. The summed E-state index contributed by atoms with van der Waals surface area (Å²) in [5.41, 5.74) is 1.48. The van der Waals surface area contributed by atoms with Crippen molar-refractivity contribution >= 4 is 0 Å². The van der Waals surface area contributed by atoms with E-state index < -0.39 is 0 Å². The molecular formula is C12H20N2O. The van der Waals surface area contributed by atoms with Gasteiger partial charge in [-0.25, -0.2) is 0 Å². The summed E-state index contributed by atoms with van der Waals surface area (Å²) in [5.74, 6) is 0. The van der Waals surface area contributed by atoms with Gasteiger partial charge in [0.2, 0.25) is 0 Å². The third kappa shape index (κ3) is 2.61. The Morgan fingerprint density at radius 1 is 1.60 bits per heavy atom. The van der Waals surface area contributed by atoms with Crippen LogP contribution < -0.4 is 5.32 Å². The lowest BCUT2D eigenvalue weighted by Gasteiger charge is -2.43. The normalized spacial score (nSPS) is 26.7. The molecule has 2 heterocycles. The number of furan rings is 1. The maximum atomic E-state index is 5.10. The molecule has 1 aliphatic rings. The standard InChI is InChI=1S/C12H20N2O/c1-10-6-13-12(2,3)9-14(10)7-11-4-5-15-8-11/h4-5,8,10,13H,6-7,9H2,1-3H3. The summed E-state index contributed by atoms with van der Waals surface area (Å²) < 4.78 is 5.10. The van der Waals surface area contributed by atoms with Gasteiger partial charge < -0.3 is 9.73 Å². The molecule has 1 N–H and O–H groups in total. The molecule has 0 saturated carbocycles. The van der Waals surface area contributed by atoms with Crippen LogP contribution in [0, 0.1) is 0 Å². The van der Waals surface area contributed by atoms with Crippen LogP contribution in [0.5, 0.6) is 0 Å². The fourth-order valence-electron chi connectivity index (χ4n) is 2.10. The van der Waals surface area contributed by atoms with Crippen LogP contribution in [-0.2, 0) is 6.54 Å². The highest BCUT2D eigenvalue weighted by Crippen LogP contribution is 2.17. The molecule has 3 nitrogen and oxygen atoms in total. The number of hydrogen-bond acceptors (Lipinski definition) is 3. The Morgan fingerprint density at radius 2 is 2.40 bits per heavy atom. The molecule has 0 aliphatic carbocycles. The van der Waals surface area contributed by atoms with Crippen molar-refractivity contribution < 1.29 is 4.42 Å². The van der Waals surface area contributed by atoms with E-state index in [9.17, 15) is 0 Å². The van der Waals surface area contributed by atoms with Gasteiger partial charge in [0.25, 0.3) is 0 Å². The number of nitrogens with zero attached hydrogens (tertiary/aromatic N) is 1. The Labute approximate surface area is 91.4 Å². The van der Waals surface area contributed by atoms with Crippen molar-refractivity contribution in [3.05, 3.63) is 24.2 Å². The monoisotopic (exact) mass is 208 g/mol. The predicted octanol–water partition coefficient (Wildman–Crippen LogP) is 1.85. The van der Waals surface area contributed by atoms with Crippen molar-refractivity contribution in [2.75, 3.05) is 13.1 Å². The molecule has 0 spiro atoms. The Hall–Kier alpha value is -0.800. The zero-order chi connectivity index (χ0) is 10.9. The van der Waals surface area contributed by atoms with Gasteiger partial charge in [-0.05, 0) is 26.8 Å². The van der Waals surface area contributed by atoms with Crippen LogP contribution in [0.4, 0.5) is 0 Å². The summed E-state index contributed by atoms with van der Waals surface area (Å²) in [6.07, 6.45) is 3.58. The van der Waals surface area contributed by atoms with E-state index >= 15 is 0 Å². The zero-order valence-corrected chi connectivity index (χ0v) is 9.79. The largest absolute Gasteiger partial charge is 0.472 e. The van der Waals surface area contributed by atoms with E-state index in [1.807, 2.05) is 12.3 Å². The van der Waals surface area contributed by atoms with Gasteiger partial charge in [0, 0.05) is 36.8 Å². The van der Waals surface area contributed by atoms with Crippen LogP contribution in [0.15, 0.2) is 23.0 Å². The molecule has 0 amide bonds. The minimum Gasteiger partial charge on any atom is -0.472 e. The Balaban J connectivity index is 2.01. The lowest BCUT2D eigenvalue weighted by molar-refractivity contribution is 0.0976. The van der Waals surface area contributed by atoms with Crippen LogP contribution >= 0.6 is 0 Å². The summed E-state index contributed by atoms with van der Waals surface area (Å²) in [4.78, 5) is 2.50. The quantitative estimate of drug-likeness (QED) is 0.804. The topological polar surface area (TPSA) is 28.4 Å². The van der Waals surface area contributed by atoms with Crippen LogP contribution in [0.1, 0.15) is 26.3 Å². The van der Waals surface area contributed by atoms with E-state index in [1.165, 1.54) is 5.56 Å². The fraction of sp³-hybridized carbons (Fsp3) is 0.667.